The third-order valence-corrected chi connectivity index (χ3v) is 6.73. The number of phenols is 3. The summed E-state index contributed by atoms with van der Waals surface area (Å²) in [6, 6.07) is 20.3. The Kier molecular flexibility index (Phi) is 8.93. The number of nitrogens with zero attached hydrogens (tertiary/aromatic N) is 4. The molecule has 3 N–H and O–H groups in total. The van der Waals surface area contributed by atoms with Crippen molar-refractivity contribution in [3.63, 3.8) is 0 Å². The van der Waals surface area contributed by atoms with Gasteiger partial charge in [-0.15, -0.1) is 0 Å². The van der Waals surface area contributed by atoms with E-state index in [1.807, 2.05) is 36.4 Å². The highest BCUT2D eigenvalue weighted by Gasteiger charge is 2.34. The summed E-state index contributed by atoms with van der Waals surface area (Å²) in [5.41, 5.74) is 3.39. The Labute approximate surface area is 219 Å². The first-order valence-corrected chi connectivity index (χ1v) is 12.8. The van der Waals surface area contributed by atoms with Gasteiger partial charge in [-0.25, -0.2) is 0 Å². The highest BCUT2D eigenvalue weighted by molar-refractivity contribution is 5.83. The van der Waals surface area contributed by atoms with Crippen molar-refractivity contribution in [2.45, 2.75) is 25.9 Å². The normalized spacial score (nSPS) is 17.0. The molecule has 0 saturated carbocycles. The quantitative estimate of drug-likeness (QED) is 0.349. The van der Waals surface area contributed by atoms with Crippen LogP contribution < -0.4 is 0 Å². The third kappa shape index (κ3) is 6.76. The van der Waals surface area contributed by atoms with E-state index < -0.39 is 0 Å². The Bertz CT molecular complexity index is 1170. The lowest BCUT2D eigenvalue weighted by molar-refractivity contribution is 0.140. The second-order valence-corrected chi connectivity index (χ2v) is 9.61. The molecule has 37 heavy (non-hydrogen) atoms. The van der Waals surface area contributed by atoms with Crippen molar-refractivity contribution in [2.75, 3.05) is 39.3 Å². The Balaban J connectivity index is 1.46. The number of hydrogen-bond acceptors (Lipinski definition) is 7. The van der Waals surface area contributed by atoms with E-state index in [0.717, 1.165) is 37.3 Å². The highest BCUT2D eigenvalue weighted by Crippen LogP contribution is 2.36. The van der Waals surface area contributed by atoms with Gasteiger partial charge in [0.2, 0.25) is 0 Å². The van der Waals surface area contributed by atoms with Crippen molar-refractivity contribution in [3.05, 3.63) is 89.0 Å². The van der Waals surface area contributed by atoms with Crippen molar-refractivity contribution < 1.29 is 15.3 Å². The maximum absolute atomic E-state index is 11.0. The van der Waals surface area contributed by atoms with Crippen molar-refractivity contribution >= 4 is 12.4 Å². The number of aromatic hydroxyl groups is 3. The molecule has 194 valence electrons. The molecule has 0 bridgehead atoms. The topological polar surface area (TPSA) is 91.9 Å². The molecule has 0 aromatic heterocycles. The van der Waals surface area contributed by atoms with E-state index in [-0.39, 0.29) is 17.7 Å². The average molecular weight is 501 g/mol. The van der Waals surface area contributed by atoms with Crippen LogP contribution in [-0.2, 0) is 0 Å². The van der Waals surface area contributed by atoms with E-state index in [1.165, 1.54) is 0 Å². The van der Waals surface area contributed by atoms with E-state index in [0.29, 0.717) is 35.9 Å². The van der Waals surface area contributed by atoms with Gasteiger partial charge in [0.1, 0.15) is 17.2 Å². The van der Waals surface area contributed by atoms with Gasteiger partial charge in [0.05, 0.1) is 19.3 Å². The fourth-order valence-corrected chi connectivity index (χ4v) is 4.62. The zero-order valence-corrected chi connectivity index (χ0v) is 21.5. The van der Waals surface area contributed by atoms with Crippen molar-refractivity contribution in [1.82, 2.24) is 9.80 Å². The van der Waals surface area contributed by atoms with Gasteiger partial charge in [0.25, 0.3) is 0 Å². The molecule has 3 aromatic rings. The summed E-state index contributed by atoms with van der Waals surface area (Å²) in [6.07, 6.45) is 3.34. The summed E-state index contributed by atoms with van der Waals surface area (Å²) >= 11 is 0. The number of hydrogen-bond donors (Lipinski definition) is 3. The molecule has 4 rings (SSSR count). The lowest BCUT2D eigenvalue weighted by atomic mass is 9.99. The summed E-state index contributed by atoms with van der Waals surface area (Å²) in [6.45, 7) is 8.54. The zero-order valence-electron chi connectivity index (χ0n) is 21.5. The van der Waals surface area contributed by atoms with Crippen LogP contribution in [0.2, 0.25) is 0 Å². The number of para-hydroxylation sites is 2. The summed E-state index contributed by atoms with van der Waals surface area (Å²) in [4.78, 5) is 13.7. The predicted octanol–water partition coefficient (Wildman–Crippen LogP) is 4.78. The molecule has 0 atom stereocenters. The average Bonchev–Trinajstić information content (AvgIpc) is 3.28. The van der Waals surface area contributed by atoms with Crippen molar-refractivity contribution in [3.8, 4) is 17.2 Å². The monoisotopic (exact) mass is 500 g/mol. The second kappa shape index (κ2) is 12.5. The van der Waals surface area contributed by atoms with Crippen LogP contribution in [0.3, 0.4) is 0 Å². The molecule has 0 unspecified atom stereocenters. The molecule has 1 saturated heterocycles. The minimum atomic E-state index is -0.0816. The molecule has 0 radical (unpaired) electrons. The van der Waals surface area contributed by atoms with Gasteiger partial charge in [-0.1, -0.05) is 50.2 Å². The lowest BCUT2D eigenvalue weighted by Crippen LogP contribution is -2.34. The summed E-state index contributed by atoms with van der Waals surface area (Å²) in [5.74, 6) is 1.08. The second-order valence-electron chi connectivity index (χ2n) is 9.61. The van der Waals surface area contributed by atoms with E-state index in [1.54, 1.807) is 36.7 Å². The molecule has 1 aliphatic heterocycles. The molecule has 0 aliphatic carbocycles. The molecular formula is C30H36N4O3. The number of phenolic OH excluding ortho intramolecular Hbond substituents is 3. The van der Waals surface area contributed by atoms with Gasteiger partial charge >= 0.3 is 0 Å². The van der Waals surface area contributed by atoms with E-state index in [4.69, 9.17) is 0 Å². The number of benzene rings is 3. The van der Waals surface area contributed by atoms with E-state index in [2.05, 4.69) is 39.7 Å². The molecule has 0 spiro atoms. The van der Waals surface area contributed by atoms with Crippen molar-refractivity contribution in [2.24, 2.45) is 9.98 Å². The van der Waals surface area contributed by atoms with Gasteiger partial charge in [-0.3, -0.25) is 19.8 Å². The van der Waals surface area contributed by atoms with Crippen LogP contribution in [0, 0.1) is 0 Å². The fourth-order valence-electron chi connectivity index (χ4n) is 4.62. The van der Waals surface area contributed by atoms with Gasteiger partial charge in [-0.2, -0.15) is 0 Å². The minimum Gasteiger partial charge on any atom is -0.508 e. The molecule has 0 amide bonds. The molecule has 7 heteroatoms. The maximum atomic E-state index is 11.0. The predicted molar refractivity (Wildman–Crippen MR) is 149 cm³/mol. The van der Waals surface area contributed by atoms with Crippen LogP contribution in [0.5, 0.6) is 17.2 Å². The molecular weight excluding hydrogens is 464 g/mol. The SMILES string of the molecule is CC(C)c1ccc(C2N(CCN=Cc3ccccc3O)CCN2CCN=Cc2ccccc2O)c(O)c1. The first-order chi connectivity index (χ1) is 17.9. The van der Waals surface area contributed by atoms with Crippen LogP contribution in [-0.4, -0.2) is 76.8 Å². The summed E-state index contributed by atoms with van der Waals surface area (Å²) in [7, 11) is 0. The van der Waals surface area contributed by atoms with Crippen molar-refractivity contribution in [1.29, 1.82) is 0 Å². The largest absolute Gasteiger partial charge is 0.508 e. The molecule has 1 fully saturated rings. The van der Waals surface area contributed by atoms with E-state index >= 15 is 0 Å². The van der Waals surface area contributed by atoms with Gasteiger partial charge < -0.3 is 15.3 Å². The van der Waals surface area contributed by atoms with Crippen LogP contribution in [0.25, 0.3) is 0 Å². The molecule has 1 heterocycles. The van der Waals surface area contributed by atoms with Crippen LogP contribution >= 0.6 is 0 Å². The summed E-state index contributed by atoms with van der Waals surface area (Å²) in [5, 5.41) is 30.9. The maximum Gasteiger partial charge on any atom is 0.124 e. The van der Waals surface area contributed by atoms with Crippen LogP contribution in [0.15, 0.2) is 76.7 Å². The zero-order chi connectivity index (χ0) is 26.2. The fraction of sp³-hybridized carbons (Fsp3) is 0.333. The van der Waals surface area contributed by atoms with Gasteiger partial charge in [-0.05, 0) is 41.8 Å². The summed E-state index contributed by atoms with van der Waals surface area (Å²) < 4.78 is 0. The van der Waals surface area contributed by atoms with Crippen LogP contribution in [0.1, 0.15) is 48.2 Å². The van der Waals surface area contributed by atoms with Gasteiger partial charge in [0.15, 0.2) is 0 Å². The number of rotatable bonds is 10. The minimum absolute atomic E-state index is 0.0816. The molecule has 7 nitrogen and oxygen atoms in total. The van der Waals surface area contributed by atoms with Gasteiger partial charge in [0, 0.05) is 55.3 Å². The first kappa shape index (κ1) is 26.4. The van der Waals surface area contributed by atoms with E-state index in [9.17, 15) is 15.3 Å². The third-order valence-electron chi connectivity index (χ3n) is 6.73. The molecule has 3 aromatic carbocycles. The standard InChI is InChI=1S/C30H36N4O3/c1-22(2)23-11-12-26(29(37)19-23)30-33(15-13-31-20-24-7-3-5-9-27(24)35)17-18-34(30)16-14-32-21-25-8-4-6-10-28(25)36/h3-12,19-22,30,35-37H,13-18H2,1-2H3. The first-order valence-electron chi connectivity index (χ1n) is 12.8. The van der Waals surface area contributed by atoms with Crippen LogP contribution in [0.4, 0.5) is 0 Å². The Morgan fingerprint density at radius 3 is 1.73 bits per heavy atom. The lowest BCUT2D eigenvalue weighted by Gasteiger charge is -2.31. The smallest absolute Gasteiger partial charge is 0.124 e. The Morgan fingerprint density at radius 1 is 0.757 bits per heavy atom. The highest BCUT2D eigenvalue weighted by atomic mass is 16.3. The Morgan fingerprint density at radius 2 is 1.27 bits per heavy atom. The molecule has 1 aliphatic rings. The number of aliphatic imine (C=N–C) groups is 2. The Hall–Kier alpha value is -3.68.